The van der Waals surface area contributed by atoms with Gasteiger partial charge in [-0.15, -0.1) is 0 Å². The van der Waals surface area contributed by atoms with E-state index in [2.05, 4.69) is 5.32 Å². The largest absolute Gasteiger partial charge is 0.490 e. The van der Waals surface area contributed by atoms with Gasteiger partial charge in [-0.1, -0.05) is 18.2 Å². The fraction of sp³-hybridized carbons (Fsp3) is 0.316. The second-order valence-corrected chi connectivity index (χ2v) is 5.54. The molecule has 0 aliphatic rings. The van der Waals surface area contributed by atoms with Crippen LogP contribution in [0, 0.1) is 10.1 Å². The minimum atomic E-state index is -0.566. The summed E-state index contributed by atoms with van der Waals surface area (Å²) in [6.45, 7) is 6.57. The number of rotatable bonds is 8. The van der Waals surface area contributed by atoms with E-state index in [1.165, 1.54) is 18.2 Å². The first kappa shape index (κ1) is 19.2. The Morgan fingerprint density at radius 2 is 1.77 bits per heavy atom. The Kier molecular flexibility index (Phi) is 6.54. The van der Waals surface area contributed by atoms with Crippen molar-refractivity contribution in [1.82, 2.24) is 5.32 Å². The predicted octanol–water partition coefficient (Wildman–Crippen LogP) is 3.88. The lowest BCUT2D eigenvalue weighted by Crippen LogP contribution is -2.27. The summed E-state index contributed by atoms with van der Waals surface area (Å²) in [5.41, 5.74) is 0.614. The number of hydrogen-bond donors (Lipinski definition) is 1. The van der Waals surface area contributed by atoms with Crippen LogP contribution in [0.4, 0.5) is 5.69 Å². The molecule has 0 aromatic heterocycles. The van der Waals surface area contributed by atoms with Gasteiger partial charge < -0.3 is 14.8 Å². The van der Waals surface area contributed by atoms with E-state index in [1.807, 2.05) is 19.9 Å². The highest BCUT2D eigenvalue weighted by atomic mass is 16.6. The molecule has 1 amide bonds. The summed E-state index contributed by atoms with van der Waals surface area (Å²) in [5, 5.41) is 13.9. The number of nitro benzene ring substituents is 1. The summed E-state index contributed by atoms with van der Waals surface area (Å²) in [6.07, 6.45) is 0. The van der Waals surface area contributed by atoms with Gasteiger partial charge in [0.05, 0.1) is 24.2 Å². The maximum Gasteiger partial charge on any atom is 0.282 e. The van der Waals surface area contributed by atoms with Gasteiger partial charge in [0.2, 0.25) is 0 Å². The van der Waals surface area contributed by atoms with Gasteiger partial charge in [-0.25, -0.2) is 0 Å². The Morgan fingerprint density at radius 1 is 1.12 bits per heavy atom. The molecule has 0 saturated heterocycles. The van der Waals surface area contributed by atoms with Crippen LogP contribution >= 0.6 is 0 Å². The van der Waals surface area contributed by atoms with Crippen molar-refractivity contribution in [3.63, 3.8) is 0 Å². The molecule has 0 aliphatic heterocycles. The van der Waals surface area contributed by atoms with Gasteiger partial charge >= 0.3 is 0 Å². The third-order valence-corrected chi connectivity index (χ3v) is 3.76. The second-order valence-electron chi connectivity index (χ2n) is 5.54. The Labute approximate surface area is 152 Å². The van der Waals surface area contributed by atoms with Crippen LogP contribution in [0.3, 0.4) is 0 Å². The molecule has 0 heterocycles. The molecule has 0 radical (unpaired) electrons. The molecule has 7 nitrogen and oxygen atoms in total. The van der Waals surface area contributed by atoms with E-state index in [-0.39, 0.29) is 17.3 Å². The van der Waals surface area contributed by atoms with Gasteiger partial charge in [-0.3, -0.25) is 14.9 Å². The molecule has 0 aliphatic carbocycles. The molecule has 138 valence electrons. The van der Waals surface area contributed by atoms with E-state index in [0.717, 1.165) is 5.56 Å². The zero-order valence-corrected chi connectivity index (χ0v) is 15.0. The van der Waals surface area contributed by atoms with Crippen molar-refractivity contribution in [2.45, 2.75) is 26.8 Å². The van der Waals surface area contributed by atoms with Gasteiger partial charge in [-0.2, -0.15) is 0 Å². The molecular weight excluding hydrogens is 336 g/mol. The lowest BCUT2D eigenvalue weighted by molar-refractivity contribution is -0.385. The van der Waals surface area contributed by atoms with Crippen LogP contribution in [0.1, 0.15) is 42.7 Å². The highest BCUT2D eigenvalue weighted by Crippen LogP contribution is 2.31. The molecule has 0 spiro atoms. The van der Waals surface area contributed by atoms with Crippen LogP contribution < -0.4 is 14.8 Å². The van der Waals surface area contributed by atoms with E-state index in [4.69, 9.17) is 9.47 Å². The molecule has 1 N–H and O–H groups in total. The molecule has 1 unspecified atom stereocenters. The molecule has 0 bridgehead atoms. The van der Waals surface area contributed by atoms with E-state index in [1.54, 1.807) is 25.1 Å². The number of amides is 1. The summed E-state index contributed by atoms with van der Waals surface area (Å²) in [7, 11) is 0. The predicted molar refractivity (Wildman–Crippen MR) is 97.8 cm³/mol. The van der Waals surface area contributed by atoms with Crippen LogP contribution in [0.5, 0.6) is 11.5 Å². The standard InChI is InChI=1S/C19H22N2O5/c1-4-25-17-11-10-14(12-18(17)26-5-2)13(3)20-19(22)15-8-6-7-9-16(15)21(23)24/h6-13H,4-5H2,1-3H3,(H,20,22). The van der Waals surface area contributed by atoms with Crippen molar-refractivity contribution in [1.29, 1.82) is 0 Å². The van der Waals surface area contributed by atoms with Crippen LogP contribution in [0.25, 0.3) is 0 Å². The third kappa shape index (κ3) is 4.50. The fourth-order valence-corrected chi connectivity index (χ4v) is 2.52. The Morgan fingerprint density at radius 3 is 2.42 bits per heavy atom. The van der Waals surface area contributed by atoms with E-state index in [9.17, 15) is 14.9 Å². The van der Waals surface area contributed by atoms with Crippen LogP contribution in [-0.2, 0) is 0 Å². The molecule has 1 atom stereocenters. The van der Waals surface area contributed by atoms with Crippen molar-refractivity contribution >= 4 is 11.6 Å². The first-order valence-electron chi connectivity index (χ1n) is 8.41. The lowest BCUT2D eigenvalue weighted by atomic mass is 10.1. The van der Waals surface area contributed by atoms with Crippen molar-refractivity contribution < 1.29 is 19.2 Å². The molecule has 2 aromatic rings. The number of nitrogens with one attached hydrogen (secondary N) is 1. The Balaban J connectivity index is 2.22. The first-order chi connectivity index (χ1) is 12.5. The summed E-state index contributed by atoms with van der Waals surface area (Å²) in [4.78, 5) is 23.0. The average molecular weight is 358 g/mol. The van der Waals surface area contributed by atoms with Gasteiger partial charge in [0.1, 0.15) is 5.56 Å². The average Bonchev–Trinajstić information content (AvgIpc) is 2.63. The van der Waals surface area contributed by atoms with Crippen LogP contribution in [0.2, 0.25) is 0 Å². The molecular formula is C19H22N2O5. The number of nitro groups is 1. The Hall–Kier alpha value is -3.09. The molecule has 0 fully saturated rings. The van der Waals surface area contributed by atoms with Gasteiger partial charge in [-0.05, 0) is 44.5 Å². The van der Waals surface area contributed by atoms with Crippen LogP contribution in [0.15, 0.2) is 42.5 Å². The van der Waals surface area contributed by atoms with Crippen molar-refractivity contribution in [3.8, 4) is 11.5 Å². The van der Waals surface area contributed by atoms with E-state index >= 15 is 0 Å². The SMILES string of the molecule is CCOc1ccc(C(C)NC(=O)c2ccccc2[N+](=O)[O-])cc1OCC. The summed E-state index contributed by atoms with van der Waals surface area (Å²) < 4.78 is 11.1. The van der Waals surface area contributed by atoms with E-state index in [0.29, 0.717) is 24.7 Å². The highest BCUT2D eigenvalue weighted by Gasteiger charge is 2.21. The minimum Gasteiger partial charge on any atom is -0.490 e. The van der Waals surface area contributed by atoms with Gasteiger partial charge in [0.15, 0.2) is 11.5 Å². The van der Waals surface area contributed by atoms with Crippen molar-refractivity contribution in [2.75, 3.05) is 13.2 Å². The summed E-state index contributed by atoms with van der Waals surface area (Å²) >= 11 is 0. The minimum absolute atomic E-state index is 0.0281. The second kappa shape index (κ2) is 8.84. The number of hydrogen-bond acceptors (Lipinski definition) is 5. The number of para-hydroxylation sites is 1. The smallest absolute Gasteiger partial charge is 0.282 e. The van der Waals surface area contributed by atoms with Crippen molar-refractivity contribution in [3.05, 3.63) is 63.7 Å². The maximum absolute atomic E-state index is 12.5. The number of carbonyl (C=O) groups excluding carboxylic acids is 1. The normalized spacial score (nSPS) is 11.5. The van der Waals surface area contributed by atoms with E-state index < -0.39 is 10.8 Å². The monoisotopic (exact) mass is 358 g/mol. The summed E-state index contributed by atoms with van der Waals surface area (Å²) in [6, 6.07) is 10.9. The van der Waals surface area contributed by atoms with Crippen LogP contribution in [-0.4, -0.2) is 24.0 Å². The molecule has 2 rings (SSSR count). The number of nitrogens with zero attached hydrogens (tertiary/aromatic N) is 1. The Bertz CT molecular complexity index is 791. The maximum atomic E-state index is 12.5. The van der Waals surface area contributed by atoms with Crippen molar-refractivity contribution in [2.24, 2.45) is 0 Å². The zero-order chi connectivity index (χ0) is 19.1. The molecule has 2 aromatic carbocycles. The quantitative estimate of drug-likeness (QED) is 0.571. The number of benzene rings is 2. The lowest BCUT2D eigenvalue weighted by Gasteiger charge is -2.17. The first-order valence-corrected chi connectivity index (χ1v) is 8.41. The zero-order valence-electron chi connectivity index (χ0n) is 15.0. The highest BCUT2D eigenvalue weighted by molar-refractivity contribution is 5.98. The molecule has 26 heavy (non-hydrogen) atoms. The third-order valence-electron chi connectivity index (χ3n) is 3.76. The number of carbonyl (C=O) groups is 1. The molecule has 0 saturated carbocycles. The topological polar surface area (TPSA) is 90.7 Å². The number of ether oxygens (including phenoxy) is 2. The van der Waals surface area contributed by atoms with Gasteiger partial charge in [0, 0.05) is 6.07 Å². The van der Waals surface area contributed by atoms with Gasteiger partial charge in [0.25, 0.3) is 11.6 Å². The fourth-order valence-electron chi connectivity index (χ4n) is 2.52. The summed E-state index contributed by atoms with van der Waals surface area (Å²) in [5.74, 6) is 0.727. The molecule has 7 heteroatoms.